The molecular formula is C30H47F3N6O3S. The Kier molecular flexibility index (Phi) is 10.7. The zero-order chi connectivity index (χ0) is 31.0. The Morgan fingerprint density at radius 1 is 1.12 bits per heavy atom. The summed E-state index contributed by atoms with van der Waals surface area (Å²) in [6, 6.07) is 3.46. The number of halogens is 3. The first-order chi connectivity index (χ1) is 19.5. The fourth-order valence-corrected chi connectivity index (χ4v) is 6.89. The molecule has 1 N–H and O–H groups in total. The Bertz CT molecular complexity index is 1370. The van der Waals surface area contributed by atoms with E-state index in [0.717, 1.165) is 56.3 Å². The van der Waals surface area contributed by atoms with E-state index in [9.17, 15) is 21.6 Å². The molecule has 43 heavy (non-hydrogen) atoms. The maximum atomic E-state index is 14.0. The summed E-state index contributed by atoms with van der Waals surface area (Å²) in [6.45, 7) is 12.3. The van der Waals surface area contributed by atoms with Crippen LogP contribution in [0.15, 0.2) is 18.3 Å². The van der Waals surface area contributed by atoms with Gasteiger partial charge in [-0.25, -0.2) is 22.7 Å². The number of hydrogen-bond acceptors (Lipinski definition) is 8. The van der Waals surface area contributed by atoms with Crippen LogP contribution in [0, 0.1) is 12.8 Å². The van der Waals surface area contributed by atoms with Crippen LogP contribution in [0.5, 0.6) is 5.75 Å². The van der Waals surface area contributed by atoms with Crippen molar-refractivity contribution in [1.29, 1.82) is 0 Å². The van der Waals surface area contributed by atoms with E-state index < -0.39 is 21.8 Å². The number of sulfonamides is 1. The predicted octanol–water partition coefficient (Wildman–Crippen LogP) is 5.72. The van der Waals surface area contributed by atoms with Gasteiger partial charge in [-0.3, -0.25) is 4.90 Å². The molecule has 9 nitrogen and oxygen atoms in total. The Balaban J connectivity index is 0.00000506. The van der Waals surface area contributed by atoms with Gasteiger partial charge < -0.3 is 15.0 Å². The van der Waals surface area contributed by atoms with Crippen molar-refractivity contribution in [3.63, 3.8) is 0 Å². The molecule has 1 aromatic heterocycles. The van der Waals surface area contributed by atoms with E-state index in [1.165, 1.54) is 11.4 Å². The molecule has 0 radical (unpaired) electrons. The molecule has 1 aliphatic carbocycles. The van der Waals surface area contributed by atoms with Gasteiger partial charge in [-0.05, 0) is 64.5 Å². The van der Waals surface area contributed by atoms with Crippen molar-refractivity contribution < 1.29 is 26.3 Å². The molecular weight excluding hydrogens is 581 g/mol. The van der Waals surface area contributed by atoms with Crippen molar-refractivity contribution in [3.05, 3.63) is 35.2 Å². The normalized spacial score (nSPS) is 20.3. The third kappa shape index (κ3) is 8.10. The lowest BCUT2D eigenvalue weighted by atomic mass is 9.95. The highest BCUT2D eigenvalue weighted by atomic mass is 32.2. The summed E-state index contributed by atoms with van der Waals surface area (Å²) in [6.07, 6.45) is -0.780. The van der Waals surface area contributed by atoms with Gasteiger partial charge in [0.1, 0.15) is 5.75 Å². The first-order valence-corrected chi connectivity index (χ1v) is 16.2. The number of aromatic nitrogens is 2. The van der Waals surface area contributed by atoms with Crippen molar-refractivity contribution in [2.75, 3.05) is 56.8 Å². The number of ether oxygens (including phenoxy) is 1. The van der Waals surface area contributed by atoms with Crippen molar-refractivity contribution in [1.82, 2.24) is 19.2 Å². The monoisotopic (exact) mass is 628 g/mol. The standard InChI is InChI=1S/C29H43F3N6O3S.CH4/c1-19-15-23(26(41-6)17-25(19)37-11-13-38(14-12-37)28(2,3)4)35-27-33-18-21(29(30,31)32)22(34-27)16-20-9-8-10-24(20)36(5)42(7,39)40;/h15,17-18,20,24H,8-14,16H2,1-7H3,(H,33,34,35);1H4/t20-,24+;/m0./s1. The van der Waals surface area contributed by atoms with Gasteiger partial charge >= 0.3 is 6.18 Å². The highest BCUT2D eigenvalue weighted by Gasteiger charge is 2.39. The molecule has 0 spiro atoms. The van der Waals surface area contributed by atoms with E-state index in [2.05, 4.69) is 45.9 Å². The molecule has 2 aliphatic rings. The number of methoxy groups -OCH3 is 1. The van der Waals surface area contributed by atoms with Crippen LogP contribution >= 0.6 is 0 Å². The molecule has 1 saturated heterocycles. The SMILES string of the molecule is C.COc1cc(N2CCN(C(C)(C)C)CC2)c(C)cc1Nc1ncc(C(F)(F)F)c(C[C@@H]2CCC[C@H]2N(C)S(C)(=O)=O)n1. The van der Waals surface area contributed by atoms with E-state index in [0.29, 0.717) is 24.3 Å². The lowest BCUT2D eigenvalue weighted by molar-refractivity contribution is -0.138. The summed E-state index contributed by atoms with van der Waals surface area (Å²) in [5.41, 5.74) is 1.63. The molecule has 4 rings (SSSR count). The number of rotatable bonds is 8. The summed E-state index contributed by atoms with van der Waals surface area (Å²) in [4.78, 5) is 13.1. The molecule has 2 aromatic rings. The molecule has 1 saturated carbocycles. The first kappa shape index (κ1) is 34.8. The molecule has 13 heteroatoms. The molecule has 2 fully saturated rings. The summed E-state index contributed by atoms with van der Waals surface area (Å²) >= 11 is 0. The maximum Gasteiger partial charge on any atom is 0.419 e. The predicted molar refractivity (Wildman–Crippen MR) is 166 cm³/mol. The highest BCUT2D eigenvalue weighted by molar-refractivity contribution is 7.88. The van der Waals surface area contributed by atoms with Crippen LogP contribution in [0.3, 0.4) is 0 Å². The van der Waals surface area contributed by atoms with E-state index in [-0.39, 0.29) is 43.0 Å². The fourth-order valence-electron chi connectivity index (χ4n) is 6.12. The molecule has 242 valence electrons. The molecule has 0 unspecified atom stereocenters. The van der Waals surface area contributed by atoms with E-state index in [4.69, 9.17) is 4.74 Å². The van der Waals surface area contributed by atoms with Gasteiger partial charge in [0.2, 0.25) is 16.0 Å². The van der Waals surface area contributed by atoms with Crippen LogP contribution < -0.4 is 15.0 Å². The van der Waals surface area contributed by atoms with Gasteiger partial charge in [0, 0.05) is 62.8 Å². The Morgan fingerprint density at radius 3 is 2.33 bits per heavy atom. The number of anilines is 3. The number of alkyl halides is 3. The second kappa shape index (κ2) is 13.2. The minimum absolute atomic E-state index is 0. The first-order valence-electron chi connectivity index (χ1n) is 14.3. The number of nitrogens with zero attached hydrogens (tertiary/aromatic N) is 5. The maximum absolute atomic E-state index is 14.0. The third-order valence-corrected chi connectivity index (χ3v) is 9.89. The van der Waals surface area contributed by atoms with Gasteiger partial charge in [-0.15, -0.1) is 0 Å². The Hall–Kier alpha value is -2.64. The van der Waals surface area contributed by atoms with Crippen LogP contribution in [0.25, 0.3) is 0 Å². The minimum Gasteiger partial charge on any atom is -0.494 e. The van der Waals surface area contributed by atoms with Gasteiger partial charge in [-0.1, -0.05) is 13.8 Å². The highest BCUT2D eigenvalue weighted by Crippen LogP contribution is 2.39. The van der Waals surface area contributed by atoms with Crippen molar-refractivity contribution in [3.8, 4) is 5.75 Å². The van der Waals surface area contributed by atoms with E-state index in [1.54, 1.807) is 7.11 Å². The Morgan fingerprint density at radius 2 is 1.77 bits per heavy atom. The fraction of sp³-hybridized carbons (Fsp3) is 0.667. The second-order valence-electron chi connectivity index (χ2n) is 12.4. The smallest absolute Gasteiger partial charge is 0.419 e. The van der Waals surface area contributed by atoms with Gasteiger partial charge in [0.25, 0.3) is 0 Å². The summed E-state index contributed by atoms with van der Waals surface area (Å²) in [5, 5.41) is 3.08. The lowest BCUT2D eigenvalue weighted by Crippen LogP contribution is -2.53. The molecule has 1 aromatic carbocycles. The number of piperazine rings is 1. The average Bonchev–Trinajstić information content (AvgIpc) is 3.34. The summed E-state index contributed by atoms with van der Waals surface area (Å²) in [7, 11) is -0.450. The van der Waals surface area contributed by atoms with Crippen LogP contribution in [0.2, 0.25) is 0 Å². The number of aryl methyl sites for hydroxylation is 1. The Labute approximate surface area is 254 Å². The zero-order valence-electron chi connectivity index (χ0n) is 25.5. The summed E-state index contributed by atoms with van der Waals surface area (Å²) < 4.78 is 73.2. The van der Waals surface area contributed by atoms with Crippen molar-refractivity contribution in [2.24, 2.45) is 5.92 Å². The largest absolute Gasteiger partial charge is 0.494 e. The molecule has 2 atom stereocenters. The molecule has 0 amide bonds. The topological polar surface area (TPSA) is 90.9 Å². The lowest BCUT2D eigenvalue weighted by Gasteiger charge is -2.43. The van der Waals surface area contributed by atoms with Gasteiger partial charge in [0.05, 0.1) is 30.3 Å². The second-order valence-corrected chi connectivity index (χ2v) is 14.4. The summed E-state index contributed by atoms with van der Waals surface area (Å²) in [5.74, 6) is 0.265. The minimum atomic E-state index is -4.64. The van der Waals surface area contributed by atoms with Crippen LogP contribution in [-0.2, 0) is 22.6 Å². The molecule has 1 aliphatic heterocycles. The van der Waals surface area contributed by atoms with Gasteiger partial charge in [0.15, 0.2) is 0 Å². The molecule has 2 heterocycles. The van der Waals surface area contributed by atoms with E-state index >= 15 is 0 Å². The van der Waals surface area contributed by atoms with Crippen LogP contribution in [0.1, 0.15) is 64.3 Å². The van der Waals surface area contributed by atoms with Crippen molar-refractivity contribution >= 4 is 27.3 Å². The molecule has 0 bridgehead atoms. The van der Waals surface area contributed by atoms with Gasteiger partial charge in [-0.2, -0.15) is 13.2 Å². The van der Waals surface area contributed by atoms with Crippen molar-refractivity contribution in [2.45, 2.75) is 78.6 Å². The van der Waals surface area contributed by atoms with Crippen LogP contribution in [-0.4, -0.2) is 85.8 Å². The van der Waals surface area contributed by atoms with E-state index in [1.807, 2.05) is 19.1 Å². The average molecular weight is 629 g/mol. The number of hydrogen-bond donors (Lipinski definition) is 1. The quantitative estimate of drug-likeness (QED) is 0.398. The van der Waals surface area contributed by atoms with Crippen LogP contribution in [0.4, 0.5) is 30.5 Å². The zero-order valence-corrected chi connectivity index (χ0v) is 26.4. The number of benzene rings is 1. The number of nitrogens with one attached hydrogen (secondary N) is 1. The third-order valence-electron chi connectivity index (χ3n) is 8.57.